The van der Waals surface area contributed by atoms with E-state index in [0.29, 0.717) is 22.7 Å². The van der Waals surface area contributed by atoms with E-state index < -0.39 is 0 Å². The van der Waals surface area contributed by atoms with E-state index in [1.165, 1.54) is 0 Å². The molecule has 176 valence electrons. The van der Waals surface area contributed by atoms with E-state index in [1.54, 1.807) is 17.8 Å². The van der Waals surface area contributed by atoms with Crippen LogP contribution in [0.15, 0.2) is 77.7 Å². The maximum absolute atomic E-state index is 14.0. The Balaban J connectivity index is 1.72. The average molecular weight is 466 g/mol. The molecule has 8 heteroatoms. The quantitative estimate of drug-likeness (QED) is 0.379. The zero-order valence-corrected chi connectivity index (χ0v) is 20.1. The second-order valence-electron chi connectivity index (χ2n) is 8.56. The number of benzene rings is 2. The van der Waals surface area contributed by atoms with Gasteiger partial charge in [0, 0.05) is 44.4 Å². The minimum Gasteiger partial charge on any atom is -0.377 e. The van der Waals surface area contributed by atoms with Crippen molar-refractivity contribution in [1.82, 2.24) is 19.5 Å². The van der Waals surface area contributed by atoms with Crippen LogP contribution in [0, 0.1) is 0 Å². The van der Waals surface area contributed by atoms with Crippen molar-refractivity contribution in [3.8, 4) is 5.69 Å². The van der Waals surface area contributed by atoms with Crippen LogP contribution in [-0.4, -0.2) is 40.7 Å². The summed E-state index contributed by atoms with van der Waals surface area (Å²) in [6.07, 6.45) is 1.72. The van der Waals surface area contributed by atoms with Gasteiger partial charge in [0.25, 0.3) is 5.56 Å². The molecule has 1 atom stereocenters. The minimum absolute atomic E-state index is 0.0664. The molecule has 3 heterocycles. The molecule has 3 aromatic heterocycles. The van der Waals surface area contributed by atoms with Crippen molar-refractivity contribution in [3.05, 3.63) is 89.0 Å². The lowest BCUT2D eigenvalue weighted by Crippen LogP contribution is -2.27. The van der Waals surface area contributed by atoms with Crippen molar-refractivity contribution in [2.45, 2.75) is 13.0 Å². The van der Waals surface area contributed by atoms with E-state index in [1.807, 2.05) is 86.6 Å². The number of aromatic nitrogens is 4. The van der Waals surface area contributed by atoms with E-state index >= 15 is 0 Å². The predicted octanol–water partition coefficient (Wildman–Crippen LogP) is 4.61. The molecule has 2 N–H and O–H groups in total. The molecule has 0 bridgehead atoms. The maximum atomic E-state index is 14.0. The molecule has 5 rings (SSSR count). The molecular formula is C27H27N7O. The summed E-state index contributed by atoms with van der Waals surface area (Å²) < 4.78 is 1.78. The first-order valence-corrected chi connectivity index (χ1v) is 11.5. The third-order valence-corrected chi connectivity index (χ3v) is 6.02. The van der Waals surface area contributed by atoms with Gasteiger partial charge in [-0.15, -0.1) is 0 Å². The Morgan fingerprint density at radius 3 is 2.51 bits per heavy atom. The maximum Gasteiger partial charge on any atom is 0.265 e. The largest absolute Gasteiger partial charge is 0.377 e. The second-order valence-corrected chi connectivity index (χ2v) is 8.56. The Morgan fingerprint density at radius 1 is 0.971 bits per heavy atom. The number of nitrogens with zero attached hydrogens (tertiary/aromatic N) is 5. The van der Waals surface area contributed by atoms with Crippen LogP contribution in [0.4, 0.5) is 17.5 Å². The molecule has 0 fully saturated rings. The van der Waals surface area contributed by atoms with Crippen LogP contribution in [0.3, 0.4) is 0 Å². The van der Waals surface area contributed by atoms with Crippen LogP contribution in [-0.2, 0) is 0 Å². The Hall–Kier alpha value is -4.46. The van der Waals surface area contributed by atoms with Gasteiger partial charge < -0.3 is 15.5 Å². The van der Waals surface area contributed by atoms with Gasteiger partial charge in [0.05, 0.1) is 16.9 Å². The first-order chi connectivity index (χ1) is 17.0. The number of hydrogen-bond donors (Lipinski definition) is 2. The van der Waals surface area contributed by atoms with Gasteiger partial charge >= 0.3 is 0 Å². The molecule has 0 aliphatic rings. The van der Waals surface area contributed by atoms with Gasteiger partial charge in [-0.05, 0) is 48.7 Å². The highest BCUT2D eigenvalue weighted by Gasteiger charge is 2.20. The summed E-state index contributed by atoms with van der Waals surface area (Å²) in [5.41, 5.74) is 3.84. The number of rotatable bonds is 6. The molecule has 0 unspecified atom stereocenters. The summed E-state index contributed by atoms with van der Waals surface area (Å²) in [5, 5.41) is 8.07. The zero-order chi connectivity index (χ0) is 24.5. The molecule has 0 saturated carbocycles. The number of pyridine rings is 2. The molecular weight excluding hydrogens is 438 g/mol. The Labute approximate surface area is 203 Å². The fraction of sp³-hybridized carbons (Fsp3) is 0.185. The van der Waals surface area contributed by atoms with Crippen molar-refractivity contribution < 1.29 is 0 Å². The molecule has 0 aliphatic heterocycles. The molecule has 0 amide bonds. The van der Waals surface area contributed by atoms with E-state index in [9.17, 15) is 4.79 Å². The number of para-hydroxylation sites is 1. The average Bonchev–Trinajstić information content (AvgIpc) is 2.88. The SMILES string of the molecule is CNc1nc(N[C@@H](C)c2cc3cccc(N(C)C)c3c(=O)n2-c2ccccc2)c2ncccc2n1. The number of nitrogens with one attached hydrogen (secondary N) is 2. The van der Waals surface area contributed by atoms with Crippen LogP contribution in [0.2, 0.25) is 0 Å². The third-order valence-electron chi connectivity index (χ3n) is 6.02. The van der Waals surface area contributed by atoms with Crippen LogP contribution < -0.4 is 21.1 Å². The summed E-state index contributed by atoms with van der Waals surface area (Å²) in [7, 11) is 5.68. The zero-order valence-electron chi connectivity index (χ0n) is 20.1. The lowest BCUT2D eigenvalue weighted by molar-refractivity contribution is 0.774. The fourth-order valence-corrected chi connectivity index (χ4v) is 4.36. The van der Waals surface area contributed by atoms with Gasteiger partial charge in [-0.2, -0.15) is 4.98 Å². The summed E-state index contributed by atoms with van der Waals surface area (Å²) >= 11 is 0. The summed E-state index contributed by atoms with van der Waals surface area (Å²) in [6.45, 7) is 2.02. The lowest BCUT2D eigenvalue weighted by Gasteiger charge is -2.23. The standard InChI is InChI=1S/C27H27N7O/c1-17(30-25-24-20(13-9-15-29-24)31-27(28-2)32-25)22-16-18-10-8-14-21(33(3)4)23(18)26(35)34(22)19-11-6-5-7-12-19/h5-17H,1-4H3,(H2,28,30,31,32)/t17-/m0/s1. The summed E-state index contributed by atoms with van der Waals surface area (Å²) in [5.74, 6) is 1.09. The highest BCUT2D eigenvalue weighted by molar-refractivity contribution is 5.94. The van der Waals surface area contributed by atoms with Crippen molar-refractivity contribution in [2.24, 2.45) is 0 Å². The molecule has 5 aromatic rings. The van der Waals surface area contributed by atoms with Crippen LogP contribution in [0.25, 0.3) is 27.5 Å². The van der Waals surface area contributed by atoms with Crippen LogP contribution in [0.1, 0.15) is 18.7 Å². The van der Waals surface area contributed by atoms with Gasteiger partial charge in [0.1, 0.15) is 5.52 Å². The molecule has 35 heavy (non-hydrogen) atoms. The van der Waals surface area contributed by atoms with Gasteiger partial charge in [-0.3, -0.25) is 14.3 Å². The monoisotopic (exact) mass is 465 g/mol. The van der Waals surface area contributed by atoms with Crippen molar-refractivity contribution >= 4 is 39.3 Å². The second kappa shape index (κ2) is 9.06. The highest BCUT2D eigenvalue weighted by atomic mass is 16.1. The molecule has 2 aromatic carbocycles. The normalized spacial score (nSPS) is 12.0. The molecule has 0 aliphatic carbocycles. The number of hydrogen-bond acceptors (Lipinski definition) is 7. The van der Waals surface area contributed by atoms with Gasteiger partial charge in [-0.1, -0.05) is 30.3 Å². The van der Waals surface area contributed by atoms with E-state index in [0.717, 1.165) is 28.0 Å². The number of anilines is 3. The van der Waals surface area contributed by atoms with Crippen LogP contribution in [0.5, 0.6) is 0 Å². The van der Waals surface area contributed by atoms with Gasteiger partial charge in [0.15, 0.2) is 5.82 Å². The highest BCUT2D eigenvalue weighted by Crippen LogP contribution is 2.29. The molecule has 0 spiro atoms. The molecule has 8 nitrogen and oxygen atoms in total. The van der Waals surface area contributed by atoms with Gasteiger partial charge in [0.2, 0.25) is 5.95 Å². The van der Waals surface area contributed by atoms with Crippen LogP contribution >= 0.6 is 0 Å². The summed E-state index contributed by atoms with van der Waals surface area (Å²) in [6, 6.07) is 21.2. The van der Waals surface area contributed by atoms with Crippen molar-refractivity contribution in [1.29, 1.82) is 0 Å². The van der Waals surface area contributed by atoms with E-state index in [4.69, 9.17) is 0 Å². The van der Waals surface area contributed by atoms with E-state index in [2.05, 4.69) is 31.7 Å². The van der Waals surface area contributed by atoms with Gasteiger partial charge in [-0.25, -0.2) is 4.98 Å². The Kier molecular flexibility index (Phi) is 5.78. The minimum atomic E-state index is -0.264. The smallest absolute Gasteiger partial charge is 0.265 e. The molecule has 0 saturated heterocycles. The number of fused-ring (bicyclic) bond motifs is 2. The lowest BCUT2D eigenvalue weighted by atomic mass is 10.1. The predicted molar refractivity (Wildman–Crippen MR) is 143 cm³/mol. The first-order valence-electron chi connectivity index (χ1n) is 11.5. The third kappa shape index (κ3) is 4.03. The summed E-state index contributed by atoms with van der Waals surface area (Å²) in [4.78, 5) is 29.6. The topological polar surface area (TPSA) is 88.0 Å². The van der Waals surface area contributed by atoms with Crippen molar-refractivity contribution in [2.75, 3.05) is 36.7 Å². The molecule has 0 radical (unpaired) electrons. The first kappa shape index (κ1) is 22.3. The Morgan fingerprint density at radius 2 is 1.77 bits per heavy atom. The van der Waals surface area contributed by atoms with E-state index in [-0.39, 0.29) is 11.6 Å². The Bertz CT molecular complexity index is 1580. The van der Waals surface area contributed by atoms with Crippen molar-refractivity contribution in [3.63, 3.8) is 0 Å². The fourth-order valence-electron chi connectivity index (χ4n) is 4.36.